The van der Waals surface area contributed by atoms with Crippen LogP contribution in [0, 0.1) is 5.92 Å². The summed E-state index contributed by atoms with van der Waals surface area (Å²) in [5.74, 6) is -0.776. The molecule has 72 heavy (non-hydrogen) atoms. The molecule has 0 bridgehead atoms. The third-order valence-electron chi connectivity index (χ3n) is 11.6. The fraction of sp³-hybridized carbons (Fsp3) is 0.720. The van der Waals surface area contributed by atoms with Gasteiger partial charge in [0.05, 0.1) is 25.4 Å². The van der Waals surface area contributed by atoms with Crippen LogP contribution in [-0.4, -0.2) is 108 Å². The third kappa shape index (κ3) is 30.7. The third-order valence-corrected chi connectivity index (χ3v) is 14.2. The standard InChI is InChI=1S/C50H85N3O17P2/c1-4-5-21-28-40(54)29-23-18-14-12-15-19-24-30-41(55)31-26-33-45(56)65-36-42(68-46(57)32-25-20-16-11-9-7-6-8-10-13-17-22-27-39(2)3)37-66-71(61,62)70-72(63,64)67-38-43-47(58)48(59)49(69-43)53-35-34-44(51)52-50(53)60/h14-15,18-19,23-24,29-30,34-35,39-43,47-49,54-55,58-59H,4-13,16-17,20-22,25-28,31-33,36-38H2,1-3H3,(H,61,62)(H,63,64)(H2,51,52,60)/b18-14-,19-15-,29-23+,30-24+/t40-,41-,42+,43+,47+,48+,49+/m0/s1. The van der Waals surface area contributed by atoms with E-state index in [1.807, 2.05) is 24.3 Å². The zero-order chi connectivity index (χ0) is 53.2. The number of anilines is 1. The van der Waals surface area contributed by atoms with Crippen molar-refractivity contribution in [2.75, 3.05) is 25.6 Å². The van der Waals surface area contributed by atoms with Crippen LogP contribution in [-0.2, 0) is 46.3 Å². The maximum atomic E-state index is 12.9. The van der Waals surface area contributed by atoms with Crippen molar-refractivity contribution >= 4 is 33.4 Å². The number of hydrogen-bond donors (Lipinski definition) is 7. The molecule has 1 aromatic heterocycles. The molecule has 0 aromatic carbocycles. The number of esters is 2. The number of allylic oxidation sites excluding steroid dienone is 6. The highest BCUT2D eigenvalue weighted by Crippen LogP contribution is 2.60. The van der Waals surface area contributed by atoms with E-state index in [4.69, 9.17) is 29.0 Å². The lowest BCUT2D eigenvalue weighted by Crippen LogP contribution is -2.36. The highest BCUT2D eigenvalue weighted by Gasteiger charge is 2.46. The Kier molecular flexibility index (Phi) is 33.6. The first kappa shape index (κ1) is 64.8. The van der Waals surface area contributed by atoms with E-state index in [0.717, 1.165) is 68.0 Å². The zero-order valence-electron chi connectivity index (χ0n) is 42.6. The molecule has 412 valence electrons. The second-order valence-corrected chi connectivity index (χ2v) is 21.6. The van der Waals surface area contributed by atoms with Gasteiger partial charge < -0.3 is 50.2 Å². The number of unbranched alkanes of at least 4 members (excludes halogenated alkanes) is 13. The molecule has 0 saturated carbocycles. The topological polar surface area (TPSA) is 306 Å². The number of carbonyl (C=O) groups is 2. The van der Waals surface area contributed by atoms with Crippen molar-refractivity contribution in [3.63, 3.8) is 0 Å². The number of phosphoric acid groups is 2. The Bertz CT molecular complexity index is 1950. The van der Waals surface area contributed by atoms with Gasteiger partial charge in [-0.25, -0.2) is 13.9 Å². The van der Waals surface area contributed by atoms with Crippen molar-refractivity contribution in [3.05, 3.63) is 71.4 Å². The molecule has 1 aliphatic heterocycles. The van der Waals surface area contributed by atoms with Gasteiger partial charge in [-0.05, 0) is 44.1 Å². The number of aliphatic hydroxyl groups is 4. The number of hydrogen-bond acceptors (Lipinski definition) is 17. The summed E-state index contributed by atoms with van der Waals surface area (Å²) in [6.45, 7) is 4.13. The molecule has 20 nitrogen and oxygen atoms in total. The number of nitrogen functional groups attached to an aromatic ring is 1. The molecule has 22 heteroatoms. The van der Waals surface area contributed by atoms with E-state index in [9.17, 15) is 53.7 Å². The highest BCUT2D eigenvalue weighted by molar-refractivity contribution is 7.61. The number of nitrogens with zero attached hydrogens (tertiary/aromatic N) is 2. The molecule has 1 aliphatic rings. The second kappa shape index (κ2) is 37.4. The van der Waals surface area contributed by atoms with Gasteiger partial charge in [-0.2, -0.15) is 9.29 Å². The molecule has 0 amide bonds. The molecular formula is C50H85N3O17P2. The Morgan fingerprint density at radius 2 is 1.29 bits per heavy atom. The van der Waals surface area contributed by atoms with Gasteiger partial charge in [-0.15, -0.1) is 0 Å². The van der Waals surface area contributed by atoms with Crippen LogP contribution in [0.4, 0.5) is 5.82 Å². The van der Waals surface area contributed by atoms with Gasteiger partial charge in [-0.1, -0.05) is 166 Å². The molecular weight excluding hydrogens is 977 g/mol. The van der Waals surface area contributed by atoms with Crippen LogP contribution in [0.3, 0.4) is 0 Å². The quantitative estimate of drug-likeness (QED) is 0.0140. The lowest BCUT2D eigenvalue weighted by atomic mass is 10.0. The van der Waals surface area contributed by atoms with Gasteiger partial charge in [0.15, 0.2) is 12.3 Å². The fourth-order valence-electron chi connectivity index (χ4n) is 7.48. The summed E-state index contributed by atoms with van der Waals surface area (Å²) in [5, 5.41) is 41.2. The Morgan fingerprint density at radius 1 is 0.750 bits per heavy atom. The number of ether oxygens (including phenoxy) is 3. The van der Waals surface area contributed by atoms with Gasteiger partial charge in [0.1, 0.15) is 30.7 Å². The SMILES string of the molecule is CCCCC[C@H](O)/C=C/C=C\C/C=C\C=C\[C@H](O)CCCC(=O)OC[C@H](COP(=O)(O)OP(=O)(O)OC[C@H]1O[C@@H](n2ccc(N)nc2=O)[C@H](O)[C@@H]1O)OC(=O)CCCCCCCCCCCCCCC(C)C. The Hall–Kier alpha value is -3.36. The van der Waals surface area contributed by atoms with Crippen LogP contribution < -0.4 is 11.4 Å². The van der Waals surface area contributed by atoms with Crippen molar-refractivity contribution in [1.82, 2.24) is 9.55 Å². The number of rotatable bonds is 41. The van der Waals surface area contributed by atoms with Gasteiger partial charge in [-0.3, -0.25) is 23.2 Å². The Morgan fingerprint density at radius 3 is 1.88 bits per heavy atom. The number of phosphoric ester groups is 2. The molecule has 1 aromatic rings. The summed E-state index contributed by atoms with van der Waals surface area (Å²) in [6.07, 6.45) is 25.5. The lowest BCUT2D eigenvalue weighted by Gasteiger charge is -2.21. The maximum absolute atomic E-state index is 12.9. The normalized spacial score (nSPS) is 20.4. The average molecular weight is 1060 g/mol. The molecule has 0 radical (unpaired) electrons. The number of carbonyl (C=O) groups excluding carboxylic acids is 2. The number of nitrogens with two attached hydrogens (primary N) is 1. The largest absolute Gasteiger partial charge is 0.481 e. The minimum atomic E-state index is -5.47. The van der Waals surface area contributed by atoms with Crippen LogP contribution >= 0.6 is 15.6 Å². The lowest BCUT2D eigenvalue weighted by molar-refractivity contribution is -0.161. The van der Waals surface area contributed by atoms with Crippen molar-refractivity contribution in [1.29, 1.82) is 0 Å². The molecule has 9 atom stereocenters. The van der Waals surface area contributed by atoms with Crippen LogP contribution in [0.25, 0.3) is 0 Å². The summed E-state index contributed by atoms with van der Waals surface area (Å²) >= 11 is 0. The Balaban J connectivity index is 1.86. The van der Waals surface area contributed by atoms with Crippen LogP contribution in [0.5, 0.6) is 0 Å². The maximum Gasteiger partial charge on any atom is 0.481 e. The smallest absolute Gasteiger partial charge is 0.462 e. The van der Waals surface area contributed by atoms with Gasteiger partial charge in [0, 0.05) is 19.0 Å². The molecule has 0 aliphatic carbocycles. The van der Waals surface area contributed by atoms with Crippen molar-refractivity contribution in [2.45, 2.75) is 205 Å². The molecule has 2 unspecified atom stereocenters. The van der Waals surface area contributed by atoms with E-state index in [1.165, 1.54) is 57.4 Å². The zero-order valence-corrected chi connectivity index (χ0v) is 44.4. The van der Waals surface area contributed by atoms with Gasteiger partial charge >= 0.3 is 33.3 Å². The summed E-state index contributed by atoms with van der Waals surface area (Å²) < 4.78 is 56.6. The van der Waals surface area contributed by atoms with Crippen molar-refractivity contribution < 1.29 is 76.5 Å². The number of aliphatic hydroxyl groups excluding tert-OH is 4. The first-order chi connectivity index (χ1) is 34.3. The van der Waals surface area contributed by atoms with Gasteiger partial charge in [0.2, 0.25) is 0 Å². The monoisotopic (exact) mass is 1060 g/mol. The van der Waals surface area contributed by atoms with Gasteiger partial charge in [0.25, 0.3) is 0 Å². The first-order valence-corrected chi connectivity index (χ1v) is 28.7. The van der Waals surface area contributed by atoms with E-state index >= 15 is 0 Å². The molecule has 2 heterocycles. The van der Waals surface area contributed by atoms with Crippen molar-refractivity contribution in [2.24, 2.45) is 5.92 Å². The average Bonchev–Trinajstić information content (AvgIpc) is 3.59. The van der Waals surface area contributed by atoms with E-state index in [1.54, 1.807) is 24.3 Å². The van der Waals surface area contributed by atoms with Crippen LogP contribution in [0.15, 0.2) is 65.7 Å². The van der Waals surface area contributed by atoms with E-state index in [0.29, 0.717) is 12.8 Å². The predicted molar refractivity (Wildman–Crippen MR) is 273 cm³/mol. The summed E-state index contributed by atoms with van der Waals surface area (Å²) in [7, 11) is -10.9. The summed E-state index contributed by atoms with van der Waals surface area (Å²) in [6, 6.07) is 1.23. The second-order valence-electron chi connectivity index (χ2n) is 18.6. The fourth-order valence-corrected chi connectivity index (χ4v) is 9.59. The van der Waals surface area contributed by atoms with Crippen molar-refractivity contribution in [3.8, 4) is 0 Å². The minimum absolute atomic E-state index is 0.00124. The van der Waals surface area contributed by atoms with Crippen LogP contribution in [0.1, 0.15) is 168 Å². The molecule has 8 N–H and O–H groups in total. The molecule has 1 fully saturated rings. The van der Waals surface area contributed by atoms with E-state index in [-0.39, 0.29) is 31.5 Å². The summed E-state index contributed by atoms with van der Waals surface area (Å²) in [5.41, 5.74) is 4.57. The van der Waals surface area contributed by atoms with E-state index in [2.05, 4.69) is 30.1 Å². The molecule has 2 rings (SSSR count). The summed E-state index contributed by atoms with van der Waals surface area (Å²) in [4.78, 5) is 61.9. The first-order valence-electron chi connectivity index (χ1n) is 25.7. The number of aromatic nitrogens is 2. The Labute approximate surface area is 425 Å². The van der Waals surface area contributed by atoms with E-state index < -0.39 is 95.9 Å². The van der Waals surface area contributed by atoms with Crippen LogP contribution in [0.2, 0.25) is 0 Å². The minimum Gasteiger partial charge on any atom is -0.462 e. The molecule has 0 spiro atoms. The highest BCUT2D eigenvalue weighted by atomic mass is 31.3. The molecule has 1 saturated heterocycles. The predicted octanol–water partition coefficient (Wildman–Crippen LogP) is 8.36.